The number of phenolic OH excluding ortho intramolecular Hbond substituents is 1. The molecule has 0 aliphatic heterocycles. The number of benzene rings is 1. The Balaban J connectivity index is 2.82. The van der Waals surface area contributed by atoms with Gasteiger partial charge in [-0.25, -0.2) is 4.79 Å². The summed E-state index contributed by atoms with van der Waals surface area (Å²) >= 11 is 0. The van der Waals surface area contributed by atoms with Crippen LogP contribution in [-0.2, 0) is 40.0 Å². The first-order valence-corrected chi connectivity index (χ1v) is 12.5. The highest BCUT2D eigenvalue weighted by Crippen LogP contribution is 2.11. The van der Waals surface area contributed by atoms with E-state index in [1.54, 1.807) is 0 Å². The summed E-state index contributed by atoms with van der Waals surface area (Å²) in [6.45, 7) is 2.52. The minimum absolute atomic E-state index is 0.0263. The van der Waals surface area contributed by atoms with Crippen molar-refractivity contribution in [3.8, 4) is 5.75 Å². The molecule has 0 spiro atoms. The summed E-state index contributed by atoms with van der Waals surface area (Å²) in [5.41, 5.74) is 6.12. The number of carbonyl (C=O) groups is 7. The molecule has 0 radical (unpaired) electrons. The molecule has 1 rings (SSSR count). The molecule has 0 fully saturated rings. The fraction of sp³-hybridized carbons (Fsp3) is 0.480. The van der Waals surface area contributed by atoms with Crippen molar-refractivity contribution in [2.75, 3.05) is 0 Å². The van der Waals surface area contributed by atoms with E-state index in [-0.39, 0.29) is 31.4 Å². The molecule has 0 saturated carbocycles. The van der Waals surface area contributed by atoms with Crippen LogP contribution in [-0.4, -0.2) is 92.2 Å². The molecule has 1 aromatic rings. The van der Waals surface area contributed by atoms with E-state index < -0.39 is 78.2 Å². The van der Waals surface area contributed by atoms with Gasteiger partial charge in [0, 0.05) is 19.3 Å². The number of aliphatic carboxylic acids is 3. The molecule has 5 atom stereocenters. The molecule has 41 heavy (non-hydrogen) atoms. The smallest absolute Gasteiger partial charge is 0.326 e. The van der Waals surface area contributed by atoms with Crippen LogP contribution in [0.3, 0.4) is 0 Å². The highest BCUT2D eigenvalue weighted by Gasteiger charge is 2.29. The second-order valence-electron chi connectivity index (χ2n) is 9.26. The predicted octanol–water partition coefficient (Wildman–Crippen LogP) is -1.94. The number of amides is 4. The second-order valence-corrected chi connectivity index (χ2v) is 9.26. The van der Waals surface area contributed by atoms with E-state index in [1.165, 1.54) is 38.1 Å². The molecule has 4 amide bonds. The van der Waals surface area contributed by atoms with Gasteiger partial charge < -0.3 is 47.4 Å². The van der Waals surface area contributed by atoms with Gasteiger partial charge in [-0.3, -0.25) is 28.8 Å². The Morgan fingerprint density at radius 3 is 1.63 bits per heavy atom. The summed E-state index contributed by atoms with van der Waals surface area (Å²) in [6.07, 6.45) is -1.59. The van der Waals surface area contributed by atoms with Crippen LogP contribution in [0.5, 0.6) is 5.75 Å². The van der Waals surface area contributed by atoms with Gasteiger partial charge in [-0.2, -0.15) is 0 Å². The number of phenols is 1. The Bertz CT molecular complexity index is 1130. The number of hydrogen-bond acceptors (Lipinski definition) is 9. The standard InChI is InChI=1S/C25H35N5O11/c1-12(27-23(38)16(26)7-9-19(32)33)21(36)29-17(8-10-20(34)35)24(39)28-13(2)22(37)30-18(25(40)41)11-14-3-5-15(31)6-4-14/h3-6,12-13,16-18,31H,7-11,26H2,1-2H3,(H,27,38)(H,28,39)(H,29,36)(H,30,37)(H,32,33)(H,34,35)(H,40,41). The van der Waals surface area contributed by atoms with Gasteiger partial charge in [-0.1, -0.05) is 12.1 Å². The van der Waals surface area contributed by atoms with E-state index in [2.05, 4.69) is 21.3 Å². The number of carboxylic acids is 3. The van der Waals surface area contributed by atoms with Crippen molar-refractivity contribution in [1.29, 1.82) is 0 Å². The quantitative estimate of drug-likeness (QED) is 0.0971. The van der Waals surface area contributed by atoms with Crippen molar-refractivity contribution >= 4 is 41.5 Å². The van der Waals surface area contributed by atoms with Crippen molar-refractivity contribution in [2.24, 2.45) is 5.73 Å². The van der Waals surface area contributed by atoms with Crippen LogP contribution in [0.25, 0.3) is 0 Å². The molecular formula is C25H35N5O11. The van der Waals surface area contributed by atoms with Gasteiger partial charge in [0.15, 0.2) is 0 Å². The van der Waals surface area contributed by atoms with Crippen LogP contribution in [0.2, 0.25) is 0 Å². The third-order valence-corrected chi connectivity index (χ3v) is 5.78. The maximum Gasteiger partial charge on any atom is 0.326 e. The minimum Gasteiger partial charge on any atom is -0.508 e. The van der Waals surface area contributed by atoms with Crippen LogP contribution >= 0.6 is 0 Å². The maximum absolute atomic E-state index is 12.8. The van der Waals surface area contributed by atoms with Crippen molar-refractivity contribution in [3.63, 3.8) is 0 Å². The lowest BCUT2D eigenvalue weighted by atomic mass is 10.1. The Labute approximate surface area is 234 Å². The number of carbonyl (C=O) groups excluding carboxylic acids is 4. The van der Waals surface area contributed by atoms with Crippen molar-refractivity contribution < 1.29 is 54.0 Å². The molecule has 0 aromatic heterocycles. The molecule has 0 aliphatic carbocycles. The number of carboxylic acid groups (broad SMARTS) is 3. The molecular weight excluding hydrogens is 546 g/mol. The molecule has 0 saturated heterocycles. The maximum atomic E-state index is 12.8. The zero-order valence-corrected chi connectivity index (χ0v) is 22.5. The van der Waals surface area contributed by atoms with Gasteiger partial charge >= 0.3 is 17.9 Å². The van der Waals surface area contributed by atoms with E-state index in [0.29, 0.717) is 5.56 Å². The van der Waals surface area contributed by atoms with Crippen LogP contribution in [0.4, 0.5) is 0 Å². The normalized spacial score (nSPS) is 14.3. The van der Waals surface area contributed by atoms with Crippen LogP contribution in [0.1, 0.15) is 45.1 Å². The summed E-state index contributed by atoms with van der Waals surface area (Å²) in [5, 5.41) is 45.8. The lowest BCUT2D eigenvalue weighted by Gasteiger charge is -2.24. The third-order valence-electron chi connectivity index (χ3n) is 5.78. The number of nitrogens with two attached hydrogens (primary N) is 1. The Morgan fingerprint density at radius 1 is 0.683 bits per heavy atom. The fourth-order valence-corrected chi connectivity index (χ4v) is 3.37. The lowest BCUT2D eigenvalue weighted by molar-refractivity contribution is -0.142. The van der Waals surface area contributed by atoms with Gasteiger partial charge in [0.25, 0.3) is 0 Å². The summed E-state index contributed by atoms with van der Waals surface area (Å²) in [7, 11) is 0. The lowest BCUT2D eigenvalue weighted by Crippen LogP contribution is -2.57. The minimum atomic E-state index is -1.44. The van der Waals surface area contributed by atoms with Crippen LogP contribution in [0, 0.1) is 0 Å². The molecule has 16 heteroatoms. The zero-order valence-electron chi connectivity index (χ0n) is 22.5. The number of aromatic hydroxyl groups is 1. The van der Waals surface area contributed by atoms with Gasteiger partial charge in [0.05, 0.1) is 6.04 Å². The molecule has 1 aromatic carbocycles. The molecule has 5 unspecified atom stereocenters. The molecule has 0 heterocycles. The molecule has 226 valence electrons. The topological polar surface area (TPSA) is 275 Å². The van der Waals surface area contributed by atoms with Crippen LogP contribution < -0.4 is 27.0 Å². The van der Waals surface area contributed by atoms with E-state index in [1.807, 2.05) is 0 Å². The van der Waals surface area contributed by atoms with Crippen molar-refractivity contribution in [3.05, 3.63) is 29.8 Å². The highest BCUT2D eigenvalue weighted by molar-refractivity contribution is 5.95. The van der Waals surface area contributed by atoms with Crippen molar-refractivity contribution in [2.45, 2.75) is 76.2 Å². The van der Waals surface area contributed by atoms with E-state index in [4.69, 9.17) is 15.9 Å². The van der Waals surface area contributed by atoms with Gasteiger partial charge in [-0.05, 0) is 44.4 Å². The molecule has 16 nitrogen and oxygen atoms in total. The first-order chi connectivity index (χ1) is 19.1. The SMILES string of the molecule is CC(NC(=O)C(N)CCC(=O)O)C(=O)NC(CCC(=O)O)C(=O)NC(C)C(=O)NC(Cc1ccc(O)cc1)C(=O)O. The van der Waals surface area contributed by atoms with Gasteiger partial charge in [-0.15, -0.1) is 0 Å². The first-order valence-electron chi connectivity index (χ1n) is 12.5. The summed E-state index contributed by atoms with van der Waals surface area (Å²) in [5.74, 6) is -7.32. The Kier molecular flexibility index (Phi) is 13.7. The van der Waals surface area contributed by atoms with Crippen LogP contribution in [0.15, 0.2) is 24.3 Å². The number of rotatable bonds is 17. The van der Waals surface area contributed by atoms with Gasteiger partial charge in [0.2, 0.25) is 23.6 Å². The van der Waals surface area contributed by atoms with E-state index in [9.17, 15) is 43.8 Å². The zero-order chi connectivity index (χ0) is 31.3. The summed E-state index contributed by atoms with van der Waals surface area (Å²) in [4.78, 5) is 83.6. The first kappa shape index (κ1) is 34.3. The monoisotopic (exact) mass is 581 g/mol. The Hall–Kier alpha value is -4.73. The molecule has 0 aliphatic rings. The Morgan fingerprint density at radius 2 is 1.15 bits per heavy atom. The van der Waals surface area contributed by atoms with Gasteiger partial charge in [0.1, 0.15) is 29.9 Å². The third kappa shape index (κ3) is 12.8. The fourth-order valence-electron chi connectivity index (χ4n) is 3.37. The number of nitrogens with one attached hydrogen (secondary N) is 4. The molecule has 0 bridgehead atoms. The largest absolute Gasteiger partial charge is 0.508 e. The summed E-state index contributed by atoms with van der Waals surface area (Å²) in [6, 6.07) is -0.906. The van der Waals surface area contributed by atoms with E-state index >= 15 is 0 Å². The highest BCUT2D eigenvalue weighted by atomic mass is 16.4. The van der Waals surface area contributed by atoms with E-state index in [0.717, 1.165) is 0 Å². The predicted molar refractivity (Wildman–Crippen MR) is 140 cm³/mol. The summed E-state index contributed by atoms with van der Waals surface area (Å²) < 4.78 is 0. The average Bonchev–Trinajstić information content (AvgIpc) is 2.89. The average molecular weight is 582 g/mol. The van der Waals surface area contributed by atoms with Crippen molar-refractivity contribution in [1.82, 2.24) is 21.3 Å². The molecule has 10 N–H and O–H groups in total. The second kappa shape index (κ2) is 16.4. The number of hydrogen-bond donors (Lipinski definition) is 9.